The Morgan fingerprint density at radius 1 is 1.06 bits per heavy atom. The minimum atomic E-state index is -4.55. The largest absolute Gasteiger partial charge is 0.417 e. The van der Waals surface area contributed by atoms with Crippen molar-refractivity contribution >= 4 is 28.6 Å². The van der Waals surface area contributed by atoms with Crippen LogP contribution in [0, 0.1) is 0 Å². The molecule has 0 aliphatic heterocycles. The van der Waals surface area contributed by atoms with Crippen molar-refractivity contribution in [3.63, 3.8) is 0 Å². The van der Waals surface area contributed by atoms with E-state index in [1.54, 1.807) is 77.6 Å². The zero-order chi connectivity index (χ0) is 23.0. The van der Waals surface area contributed by atoms with Gasteiger partial charge in [-0.2, -0.15) is 13.2 Å². The molecule has 6 nitrogen and oxygen atoms in total. The van der Waals surface area contributed by atoms with Gasteiger partial charge in [0.1, 0.15) is 0 Å². The molecule has 0 bridgehead atoms. The number of alkyl halides is 3. The number of hydrogen-bond acceptors (Lipinski definition) is 4. The first-order chi connectivity index (χ1) is 15.2. The van der Waals surface area contributed by atoms with Crippen LogP contribution in [0.2, 0.25) is 0 Å². The molecule has 1 aromatic heterocycles. The molecule has 0 saturated carbocycles. The summed E-state index contributed by atoms with van der Waals surface area (Å²) in [6.07, 6.45) is -4.55. The number of benzene rings is 3. The van der Waals surface area contributed by atoms with E-state index in [0.717, 1.165) is 6.07 Å². The van der Waals surface area contributed by atoms with Crippen LogP contribution >= 0.6 is 0 Å². The molecule has 0 atom stereocenters. The molecule has 164 valence electrons. The number of anilines is 2. The lowest BCUT2D eigenvalue weighted by Gasteiger charge is -2.19. The molecule has 4 aromatic rings. The molecule has 0 unspecified atom stereocenters. The molecule has 0 saturated heterocycles. The van der Waals surface area contributed by atoms with E-state index in [1.807, 2.05) is 0 Å². The van der Waals surface area contributed by atoms with E-state index in [4.69, 9.17) is 5.21 Å². The van der Waals surface area contributed by atoms with E-state index in [0.29, 0.717) is 22.7 Å². The Morgan fingerprint density at radius 3 is 2.44 bits per heavy atom. The van der Waals surface area contributed by atoms with Gasteiger partial charge in [-0.3, -0.25) is 10.0 Å². The van der Waals surface area contributed by atoms with Crippen LogP contribution in [0.25, 0.3) is 22.2 Å². The maximum Gasteiger partial charge on any atom is 0.417 e. The molecule has 1 amide bonds. The summed E-state index contributed by atoms with van der Waals surface area (Å²) in [5, 5.41) is 8.86. The van der Waals surface area contributed by atoms with Crippen LogP contribution in [-0.4, -0.2) is 27.7 Å². The topological polar surface area (TPSA) is 70.4 Å². The number of halogens is 3. The normalized spacial score (nSPS) is 11.6. The highest BCUT2D eigenvalue weighted by atomic mass is 19.4. The van der Waals surface area contributed by atoms with Crippen molar-refractivity contribution in [2.24, 2.45) is 7.05 Å². The Bertz CT molecular complexity index is 1300. The highest BCUT2D eigenvalue weighted by Gasteiger charge is 2.35. The van der Waals surface area contributed by atoms with Crippen molar-refractivity contribution in [3.05, 3.63) is 77.9 Å². The molecule has 1 heterocycles. The number of hydroxylamine groups is 1. The molecule has 2 N–H and O–H groups in total. The minimum absolute atomic E-state index is 0.0735. The summed E-state index contributed by atoms with van der Waals surface area (Å²) in [7, 11) is 3.41. The Morgan fingerprint density at radius 2 is 1.78 bits per heavy atom. The van der Waals surface area contributed by atoms with Crippen LogP contribution in [0.4, 0.5) is 24.8 Å². The van der Waals surface area contributed by atoms with Crippen molar-refractivity contribution in [1.29, 1.82) is 0 Å². The third kappa shape index (κ3) is 3.78. The van der Waals surface area contributed by atoms with Gasteiger partial charge in [-0.15, -0.1) is 0 Å². The average Bonchev–Trinajstić information content (AvgIpc) is 3.13. The smallest absolute Gasteiger partial charge is 0.315 e. The number of rotatable bonds is 4. The Balaban J connectivity index is 1.87. The van der Waals surface area contributed by atoms with E-state index in [2.05, 4.69) is 4.98 Å². The fourth-order valence-electron chi connectivity index (χ4n) is 3.65. The van der Waals surface area contributed by atoms with Gasteiger partial charge in [0, 0.05) is 25.3 Å². The summed E-state index contributed by atoms with van der Waals surface area (Å²) in [6.45, 7) is 0. The summed E-state index contributed by atoms with van der Waals surface area (Å²) in [5.41, 5.74) is 2.88. The second-order valence-corrected chi connectivity index (χ2v) is 7.27. The quantitative estimate of drug-likeness (QED) is 0.340. The Labute approximate surface area is 181 Å². The van der Waals surface area contributed by atoms with Gasteiger partial charge in [0.2, 0.25) is 5.95 Å². The van der Waals surface area contributed by atoms with E-state index < -0.39 is 17.6 Å². The first-order valence-corrected chi connectivity index (χ1v) is 9.62. The van der Waals surface area contributed by atoms with Gasteiger partial charge in [-0.05, 0) is 41.5 Å². The molecule has 0 spiro atoms. The van der Waals surface area contributed by atoms with Crippen LogP contribution in [-0.2, 0) is 13.2 Å². The maximum absolute atomic E-state index is 13.8. The maximum atomic E-state index is 13.8. The van der Waals surface area contributed by atoms with Gasteiger partial charge in [-0.1, -0.05) is 36.4 Å². The van der Waals surface area contributed by atoms with Crippen LogP contribution in [0.15, 0.2) is 66.7 Å². The second-order valence-electron chi connectivity index (χ2n) is 7.27. The molecule has 0 radical (unpaired) electrons. The van der Waals surface area contributed by atoms with E-state index in [9.17, 15) is 18.0 Å². The highest BCUT2D eigenvalue weighted by Crippen LogP contribution is 2.40. The van der Waals surface area contributed by atoms with E-state index in [1.165, 1.54) is 12.1 Å². The number of nitrogens with one attached hydrogen (secondary N) is 1. The number of aryl methyl sites for hydroxylation is 1. The average molecular weight is 440 g/mol. The lowest BCUT2D eigenvalue weighted by Crippen LogP contribution is -2.20. The number of amides is 1. The van der Waals surface area contributed by atoms with Gasteiger partial charge in [0.15, 0.2) is 0 Å². The van der Waals surface area contributed by atoms with E-state index >= 15 is 0 Å². The van der Waals surface area contributed by atoms with E-state index in [-0.39, 0.29) is 16.6 Å². The molecule has 9 heteroatoms. The van der Waals surface area contributed by atoms with Gasteiger partial charge >= 0.3 is 6.18 Å². The summed E-state index contributed by atoms with van der Waals surface area (Å²) < 4.78 is 43.2. The van der Waals surface area contributed by atoms with Gasteiger partial charge in [0.05, 0.1) is 16.6 Å². The zero-order valence-electron chi connectivity index (χ0n) is 17.2. The fourth-order valence-corrected chi connectivity index (χ4v) is 3.65. The lowest BCUT2D eigenvalue weighted by molar-refractivity contribution is -0.137. The molecular formula is C23H19F3N4O2. The number of carbonyl (C=O) groups is 1. The van der Waals surface area contributed by atoms with Gasteiger partial charge < -0.3 is 9.47 Å². The van der Waals surface area contributed by atoms with Crippen molar-refractivity contribution < 1.29 is 23.2 Å². The number of aromatic nitrogens is 2. The predicted octanol–water partition coefficient (Wildman–Crippen LogP) is 5.15. The van der Waals surface area contributed by atoms with Gasteiger partial charge in [-0.25, -0.2) is 10.5 Å². The van der Waals surface area contributed by atoms with Crippen LogP contribution in [0.1, 0.15) is 15.9 Å². The van der Waals surface area contributed by atoms with Gasteiger partial charge in [0.25, 0.3) is 5.91 Å². The summed E-state index contributed by atoms with van der Waals surface area (Å²) in [6, 6.07) is 17.4. The second kappa shape index (κ2) is 8.01. The van der Waals surface area contributed by atoms with Crippen molar-refractivity contribution in [3.8, 4) is 11.1 Å². The summed E-state index contributed by atoms with van der Waals surface area (Å²) >= 11 is 0. The fraction of sp³-hybridized carbons (Fsp3) is 0.130. The SMILES string of the molecule is CN(c1cccc(C(=O)NO)c1)c1nc2cc(C(F)(F)F)c(-c3ccccc3)cc2n1C. The first kappa shape index (κ1) is 21.4. The van der Waals surface area contributed by atoms with Crippen LogP contribution < -0.4 is 10.4 Å². The predicted molar refractivity (Wildman–Crippen MR) is 115 cm³/mol. The Hall–Kier alpha value is -3.85. The standard InChI is InChI=1S/C23H19F3N4O2/c1-29(16-10-6-9-15(11-16)21(31)28-32)22-27-19-13-18(23(24,25)26)17(12-20(19)30(22)2)14-7-4-3-5-8-14/h3-13,32H,1-2H3,(H,28,31). The van der Waals surface area contributed by atoms with Crippen molar-refractivity contribution in [2.45, 2.75) is 6.18 Å². The van der Waals surface area contributed by atoms with Crippen LogP contribution in [0.3, 0.4) is 0 Å². The molecule has 0 fully saturated rings. The number of imidazole rings is 1. The minimum Gasteiger partial charge on any atom is -0.315 e. The number of hydrogen-bond donors (Lipinski definition) is 2. The molecule has 3 aromatic carbocycles. The number of fused-ring (bicyclic) bond motifs is 1. The van der Waals surface area contributed by atoms with Crippen LogP contribution in [0.5, 0.6) is 0 Å². The number of carbonyl (C=O) groups excluding carboxylic acids is 1. The molecule has 4 rings (SSSR count). The summed E-state index contributed by atoms with van der Waals surface area (Å²) in [4.78, 5) is 17.8. The summed E-state index contributed by atoms with van der Waals surface area (Å²) in [5.74, 6) is -0.285. The molecule has 32 heavy (non-hydrogen) atoms. The zero-order valence-corrected chi connectivity index (χ0v) is 17.2. The lowest BCUT2D eigenvalue weighted by atomic mass is 9.98. The van der Waals surface area contributed by atoms with Crippen molar-refractivity contribution in [1.82, 2.24) is 15.0 Å². The third-order valence-corrected chi connectivity index (χ3v) is 5.28. The molecule has 0 aliphatic carbocycles. The molecular weight excluding hydrogens is 421 g/mol. The highest BCUT2D eigenvalue weighted by molar-refractivity contribution is 5.94. The van der Waals surface area contributed by atoms with Crippen molar-refractivity contribution in [2.75, 3.05) is 11.9 Å². The molecule has 0 aliphatic rings. The first-order valence-electron chi connectivity index (χ1n) is 9.62. The Kier molecular flexibility index (Phi) is 5.35. The number of nitrogens with zero attached hydrogens (tertiary/aromatic N) is 3. The third-order valence-electron chi connectivity index (χ3n) is 5.28. The monoisotopic (exact) mass is 440 g/mol.